The molecule has 2 aliphatic rings. The number of para-hydroxylation sites is 2. The number of rotatable bonds is 10. The van der Waals surface area contributed by atoms with Crippen LogP contribution in [0.4, 0.5) is 0 Å². The highest BCUT2D eigenvalue weighted by Gasteiger charge is 2.25. The maximum Gasteiger partial charge on any atom is 0.266 e. The lowest BCUT2D eigenvalue weighted by atomic mass is 10.1. The van der Waals surface area contributed by atoms with Gasteiger partial charge in [-0.25, -0.2) is 4.98 Å². The van der Waals surface area contributed by atoms with Crippen LogP contribution in [0.3, 0.4) is 0 Å². The summed E-state index contributed by atoms with van der Waals surface area (Å²) in [5.74, 6) is 1.99. The van der Waals surface area contributed by atoms with Crippen LogP contribution in [0.15, 0.2) is 71.5 Å². The summed E-state index contributed by atoms with van der Waals surface area (Å²) >= 11 is 2.24. The van der Waals surface area contributed by atoms with Crippen molar-refractivity contribution in [1.82, 2.24) is 24.3 Å². The second-order valence-corrected chi connectivity index (χ2v) is 13.2. The first-order chi connectivity index (χ1) is 22.4. The van der Waals surface area contributed by atoms with Gasteiger partial charge in [-0.15, -0.1) is 0 Å². The molecule has 0 aliphatic carbocycles. The Balaban J connectivity index is 1.25. The molecule has 0 radical (unpaired) electrons. The van der Waals surface area contributed by atoms with Crippen LogP contribution in [-0.2, 0) is 22.6 Å². The third kappa shape index (κ3) is 7.71. The molecule has 0 atom stereocenters. The number of carbonyl (C=O) groups is 1. The number of piperazine rings is 1. The number of hydrogen-bond acceptors (Lipinski definition) is 8. The number of hydrogen-bond donors (Lipinski definition) is 0. The monoisotopic (exact) mass is 737 g/mol. The summed E-state index contributed by atoms with van der Waals surface area (Å²) in [7, 11) is 0. The molecule has 2 saturated heterocycles. The maximum atomic E-state index is 14.2. The molecule has 1 aromatic heterocycles. The van der Waals surface area contributed by atoms with E-state index in [0.29, 0.717) is 86.4 Å². The van der Waals surface area contributed by atoms with Crippen molar-refractivity contribution < 1.29 is 19.0 Å². The largest absolute Gasteiger partial charge is 0.488 e. The van der Waals surface area contributed by atoms with E-state index < -0.39 is 0 Å². The molecule has 46 heavy (non-hydrogen) atoms. The summed E-state index contributed by atoms with van der Waals surface area (Å²) in [6.07, 6.45) is -0.0857. The zero-order valence-corrected chi connectivity index (χ0v) is 28.5. The Morgan fingerprint density at radius 1 is 0.891 bits per heavy atom. The highest BCUT2D eigenvalue weighted by Crippen LogP contribution is 2.31. The van der Waals surface area contributed by atoms with Crippen molar-refractivity contribution in [2.75, 3.05) is 59.1 Å². The summed E-state index contributed by atoms with van der Waals surface area (Å²) < 4.78 is 20.6. The fourth-order valence-corrected chi connectivity index (χ4v) is 6.26. The molecule has 6 rings (SSSR count). The van der Waals surface area contributed by atoms with E-state index in [2.05, 4.69) is 38.5 Å². The van der Waals surface area contributed by atoms with Gasteiger partial charge in [-0.2, -0.15) is 0 Å². The van der Waals surface area contributed by atoms with Gasteiger partial charge in [-0.05, 0) is 78.9 Å². The van der Waals surface area contributed by atoms with Crippen molar-refractivity contribution in [2.45, 2.75) is 33.0 Å². The number of morpholine rings is 1. The fourth-order valence-electron chi connectivity index (χ4n) is 5.90. The number of halogens is 1. The Kier molecular flexibility index (Phi) is 10.5. The molecule has 2 fully saturated rings. The molecule has 3 aromatic carbocycles. The van der Waals surface area contributed by atoms with Crippen LogP contribution in [0.5, 0.6) is 11.5 Å². The van der Waals surface area contributed by atoms with E-state index in [1.165, 1.54) is 0 Å². The minimum atomic E-state index is -0.126. The van der Waals surface area contributed by atoms with Gasteiger partial charge in [-0.3, -0.25) is 24.0 Å². The Labute approximate surface area is 283 Å². The van der Waals surface area contributed by atoms with Gasteiger partial charge >= 0.3 is 0 Å². The SMILES string of the molecule is CC(C)Oc1c(CN2CCOCC2)cccc1-n1c(CN2CCN(C(=O)COc3ccc(I)cc3)CC2)nc2ccccc2c1=O. The molecule has 0 saturated carbocycles. The molecule has 1 amide bonds. The smallest absolute Gasteiger partial charge is 0.266 e. The number of benzene rings is 3. The highest BCUT2D eigenvalue weighted by molar-refractivity contribution is 14.1. The Morgan fingerprint density at radius 3 is 2.35 bits per heavy atom. The molecule has 0 N–H and O–H groups in total. The van der Waals surface area contributed by atoms with Crippen molar-refractivity contribution in [1.29, 1.82) is 0 Å². The van der Waals surface area contributed by atoms with Gasteiger partial charge in [-0.1, -0.05) is 24.3 Å². The molecule has 2 aliphatic heterocycles. The highest BCUT2D eigenvalue weighted by atomic mass is 127. The summed E-state index contributed by atoms with van der Waals surface area (Å²) in [4.78, 5) is 38.6. The normalized spacial score (nSPS) is 16.2. The zero-order chi connectivity index (χ0) is 32.0. The van der Waals surface area contributed by atoms with Crippen molar-refractivity contribution in [3.63, 3.8) is 0 Å². The molecular weight excluding hydrogens is 697 g/mol. The van der Waals surface area contributed by atoms with Gasteiger partial charge < -0.3 is 19.1 Å². The predicted octanol–water partition coefficient (Wildman–Crippen LogP) is 4.33. The van der Waals surface area contributed by atoms with Crippen LogP contribution in [0.1, 0.15) is 25.2 Å². The van der Waals surface area contributed by atoms with Crippen molar-refractivity contribution in [2.24, 2.45) is 0 Å². The van der Waals surface area contributed by atoms with E-state index in [4.69, 9.17) is 19.2 Å². The zero-order valence-electron chi connectivity index (χ0n) is 26.4. The molecule has 0 bridgehead atoms. The number of nitrogens with zero attached hydrogens (tertiary/aromatic N) is 5. The van der Waals surface area contributed by atoms with E-state index in [-0.39, 0.29) is 24.2 Å². The van der Waals surface area contributed by atoms with Crippen molar-refractivity contribution >= 4 is 39.4 Å². The average Bonchev–Trinajstić information content (AvgIpc) is 3.06. The topological polar surface area (TPSA) is 89.4 Å². The van der Waals surface area contributed by atoms with Crippen LogP contribution in [0.25, 0.3) is 16.6 Å². The van der Waals surface area contributed by atoms with Crippen molar-refractivity contribution in [3.05, 3.63) is 92.0 Å². The number of amides is 1. The summed E-state index contributed by atoms with van der Waals surface area (Å²) in [6.45, 7) is 10.7. The molecule has 3 heterocycles. The molecule has 10 nitrogen and oxygen atoms in total. The average molecular weight is 738 g/mol. The Morgan fingerprint density at radius 2 is 1.61 bits per heavy atom. The molecule has 4 aromatic rings. The van der Waals surface area contributed by atoms with Gasteiger partial charge in [0.15, 0.2) is 6.61 Å². The minimum absolute atomic E-state index is 0.00574. The Bertz CT molecular complexity index is 1710. The molecule has 0 spiro atoms. The van der Waals surface area contributed by atoms with Crippen LogP contribution in [-0.4, -0.2) is 95.4 Å². The molecule has 242 valence electrons. The third-order valence-electron chi connectivity index (χ3n) is 8.28. The minimum Gasteiger partial charge on any atom is -0.488 e. The maximum absolute atomic E-state index is 14.2. The number of ether oxygens (including phenoxy) is 3. The van der Waals surface area contributed by atoms with Crippen LogP contribution in [0.2, 0.25) is 0 Å². The first kappa shape index (κ1) is 32.4. The van der Waals surface area contributed by atoms with E-state index in [1.807, 2.05) is 79.4 Å². The molecule has 11 heteroatoms. The number of aromatic nitrogens is 2. The van der Waals surface area contributed by atoms with E-state index >= 15 is 0 Å². The summed E-state index contributed by atoms with van der Waals surface area (Å²) in [5, 5.41) is 0.559. The predicted molar refractivity (Wildman–Crippen MR) is 186 cm³/mol. The summed E-state index contributed by atoms with van der Waals surface area (Å²) in [5.41, 5.74) is 2.26. The van der Waals surface area contributed by atoms with E-state index in [9.17, 15) is 9.59 Å². The van der Waals surface area contributed by atoms with E-state index in [1.54, 1.807) is 4.57 Å². The second kappa shape index (κ2) is 14.9. The Hall–Kier alpha value is -3.52. The quantitative estimate of drug-likeness (QED) is 0.223. The fraction of sp³-hybridized carbons (Fsp3) is 0.400. The van der Waals surface area contributed by atoms with Crippen LogP contribution in [0, 0.1) is 3.57 Å². The van der Waals surface area contributed by atoms with Crippen LogP contribution >= 0.6 is 22.6 Å². The lowest BCUT2D eigenvalue weighted by Gasteiger charge is -2.35. The lowest BCUT2D eigenvalue weighted by Crippen LogP contribution is -2.50. The molecule has 0 unspecified atom stereocenters. The van der Waals surface area contributed by atoms with E-state index in [0.717, 1.165) is 22.2 Å². The van der Waals surface area contributed by atoms with Crippen molar-refractivity contribution in [3.8, 4) is 17.2 Å². The van der Waals surface area contributed by atoms with Gasteiger partial charge in [0, 0.05) is 54.9 Å². The second-order valence-electron chi connectivity index (χ2n) is 11.9. The lowest BCUT2D eigenvalue weighted by molar-refractivity contribution is -0.135. The first-order valence-corrected chi connectivity index (χ1v) is 16.9. The number of fused-ring (bicyclic) bond motifs is 1. The number of carbonyl (C=O) groups excluding carboxylic acids is 1. The van der Waals surface area contributed by atoms with Gasteiger partial charge in [0.1, 0.15) is 17.3 Å². The third-order valence-corrected chi connectivity index (χ3v) is 9.00. The van der Waals surface area contributed by atoms with Gasteiger partial charge in [0.25, 0.3) is 11.5 Å². The first-order valence-electron chi connectivity index (χ1n) is 15.8. The van der Waals surface area contributed by atoms with Gasteiger partial charge in [0.05, 0.1) is 42.5 Å². The summed E-state index contributed by atoms with van der Waals surface area (Å²) in [6, 6.07) is 21.2. The van der Waals surface area contributed by atoms with Gasteiger partial charge in [0.2, 0.25) is 0 Å². The standard InChI is InChI=1S/C35H40IN5O5/c1-25(2)46-34-26(22-39-18-20-44-21-19-39)6-5-9-31(34)41-32(37-30-8-4-3-7-29(30)35(41)43)23-38-14-16-40(17-15-38)33(42)24-45-28-12-10-27(36)11-13-28/h3-13,25H,14-24H2,1-2H3. The van der Waals surface area contributed by atoms with Crippen LogP contribution < -0.4 is 15.0 Å². The molecular formula is C35H40IN5O5.